The van der Waals surface area contributed by atoms with Crippen LogP contribution in [0.2, 0.25) is 0 Å². The summed E-state index contributed by atoms with van der Waals surface area (Å²) in [5, 5.41) is 20.4. The summed E-state index contributed by atoms with van der Waals surface area (Å²) in [7, 11) is 0. The van der Waals surface area contributed by atoms with E-state index >= 15 is 0 Å². The zero-order valence-corrected chi connectivity index (χ0v) is 26.8. The number of hydrogen-bond donors (Lipinski definition) is 2. The van der Waals surface area contributed by atoms with Crippen molar-refractivity contribution in [1.82, 2.24) is 18.3 Å². The zero-order valence-electron chi connectivity index (χ0n) is 26.8. The van der Waals surface area contributed by atoms with Crippen molar-refractivity contribution in [3.8, 4) is 11.8 Å². The molecule has 41 heavy (non-hydrogen) atoms. The average molecular weight is 579 g/mol. The molecule has 0 fully saturated rings. The fourth-order valence-electron chi connectivity index (χ4n) is 6.29. The topological polar surface area (TPSA) is 104 Å². The molecule has 9 heteroatoms. The maximum atomic E-state index is 12.6. The van der Waals surface area contributed by atoms with Crippen molar-refractivity contribution in [2.75, 3.05) is 13.2 Å². The molecule has 0 amide bonds. The van der Waals surface area contributed by atoms with E-state index in [4.69, 9.17) is 4.74 Å². The van der Waals surface area contributed by atoms with E-state index in [0.29, 0.717) is 26.2 Å². The molecule has 0 aliphatic heterocycles. The molecule has 0 saturated carbocycles. The minimum Gasteiger partial charge on any atom is -0.493 e. The molecule has 9 nitrogen and oxygen atoms in total. The van der Waals surface area contributed by atoms with Crippen LogP contribution in [-0.4, -0.2) is 41.7 Å². The highest BCUT2D eigenvalue weighted by atomic mass is 16.5. The van der Waals surface area contributed by atoms with E-state index < -0.39 is 0 Å². The lowest BCUT2D eigenvalue weighted by molar-refractivity contribution is 0.112. The number of rotatable bonds is 22. The predicted molar refractivity (Wildman–Crippen MR) is 166 cm³/mol. The van der Waals surface area contributed by atoms with Crippen LogP contribution in [0.3, 0.4) is 0 Å². The van der Waals surface area contributed by atoms with Gasteiger partial charge in [-0.05, 0) is 76.0 Å². The van der Waals surface area contributed by atoms with E-state index in [2.05, 4.69) is 27.7 Å². The van der Waals surface area contributed by atoms with E-state index in [-0.39, 0.29) is 34.0 Å². The Labute approximate surface area is 247 Å². The van der Waals surface area contributed by atoms with Crippen molar-refractivity contribution in [1.29, 1.82) is 0 Å². The minimum absolute atomic E-state index is 0.00263. The molecular formula is C32H58N4O5. The molecule has 0 aliphatic carbocycles. The Morgan fingerprint density at radius 2 is 1.07 bits per heavy atom. The van der Waals surface area contributed by atoms with Crippen molar-refractivity contribution >= 4 is 0 Å². The van der Waals surface area contributed by atoms with Gasteiger partial charge in [0.1, 0.15) is 0 Å². The molecule has 2 aromatic heterocycles. The van der Waals surface area contributed by atoms with Gasteiger partial charge in [0, 0.05) is 39.4 Å². The Balaban J connectivity index is 1.70. The number of aryl methyl sites for hydroxylation is 2. The summed E-state index contributed by atoms with van der Waals surface area (Å²) in [5.74, 6) is 0.118. The molecule has 0 aromatic carbocycles. The summed E-state index contributed by atoms with van der Waals surface area (Å²) in [6.45, 7) is 16.5. The van der Waals surface area contributed by atoms with Crippen molar-refractivity contribution in [3.63, 3.8) is 0 Å². The quantitative estimate of drug-likeness (QED) is 0.155. The SMILES string of the molecule is CCn1cc(O)n(CCCC(CC)(CC)CCCCOCCCCC(CC)(CC)Cn2c(O)cn(CC)c2=O)c1=O. The Morgan fingerprint density at radius 3 is 1.54 bits per heavy atom. The molecule has 236 valence electrons. The van der Waals surface area contributed by atoms with E-state index in [0.717, 1.165) is 90.3 Å². The number of imidazole rings is 2. The first-order chi connectivity index (χ1) is 19.6. The van der Waals surface area contributed by atoms with Gasteiger partial charge < -0.3 is 14.9 Å². The molecule has 0 bridgehead atoms. The number of aromatic hydroxyl groups is 2. The monoisotopic (exact) mass is 578 g/mol. The van der Waals surface area contributed by atoms with Gasteiger partial charge in [-0.25, -0.2) is 9.59 Å². The molecule has 2 aromatic rings. The van der Waals surface area contributed by atoms with Crippen LogP contribution < -0.4 is 11.4 Å². The van der Waals surface area contributed by atoms with Crippen LogP contribution in [0.25, 0.3) is 0 Å². The van der Waals surface area contributed by atoms with Crippen LogP contribution in [0.5, 0.6) is 11.8 Å². The fourth-order valence-corrected chi connectivity index (χ4v) is 6.29. The predicted octanol–water partition coefficient (Wildman–Crippen LogP) is 6.51. The van der Waals surface area contributed by atoms with Crippen LogP contribution in [-0.2, 0) is 30.9 Å². The molecule has 0 radical (unpaired) electrons. The smallest absolute Gasteiger partial charge is 0.331 e. The molecular weight excluding hydrogens is 520 g/mol. The standard InChI is InChI=1S/C32H58N4O5/c1-7-31(8-2,20-17-21-35-27(37)24-33(11-5)29(35)39)18-13-15-22-41-23-16-14-19-32(9-3,10-4)26-36-28(38)25-34(12-6)30(36)40/h24-25,37-38H,7-23,26H2,1-6H3. The summed E-state index contributed by atoms with van der Waals surface area (Å²) in [4.78, 5) is 25.0. The van der Waals surface area contributed by atoms with Crippen molar-refractivity contribution in [2.24, 2.45) is 10.8 Å². The third-order valence-electron chi connectivity index (χ3n) is 9.80. The summed E-state index contributed by atoms with van der Waals surface area (Å²) >= 11 is 0. The maximum Gasteiger partial charge on any atom is 0.331 e. The van der Waals surface area contributed by atoms with Gasteiger partial charge in [0.15, 0.2) is 0 Å². The van der Waals surface area contributed by atoms with Crippen LogP contribution in [0.4, 0.5) is 0 Å². The van der Waals surface area contributed by atoms with Crippen LogP contribution in [0.15, 0.2) is 22.0 Å². The number of aromatic nitrogens is 4. The maximum absolute atomic E-state index is 12.6. The lowest BCUT2D eigenvalue weighted by atomic mass is 9.74. The first kappa shape index (κ1) is 34.8. The highest BCUT2D eigenvalue weighted by molar-refractivity contribution is 5.06. The molecule has 0 aliphatic rings. The Bertz CT molecular complexity index is 1130. The second-order valence-electron chi connectivity index (χ2n) is 11.9. The number of hydrogen-bond acceptors (Lipinski definition) is 5. The van der Waals surface area contributed by atoms with Crippen LogP contribution in [0.1, 0.15) is 119 Å². The molecule has 0 saturated heterocycles. The number of unbranched alkanes of at least 4 members (excludes halogenated alkanes) is 2. The Kier molecular flexibility index (Phi) is 14.3. The highest BCUT2D eigenvalue weighted by Crippen LogP contribution is 2.38. The van der Waals surface area contributed by atoms with Crippen molar-refractivity contribution < 1.29 is 14.9 Å². The van der Waals surface area contributed by atoms with Gasteiger partial charge in [0.25, 0.3) is 0 Å². The minimum atomic E-state index is -0.128. The molecule has 0 spiro atoms. The largest absolute Gasteiger partial charge is 0.493 e. The van der Waals surface area contributed by atoms with Gasteiger partial charge in [-0.2, -0.15) is 0 Å². The van der Waals surface area contributed by atoms with Gasteiger partial charge in [0.2, 0.25) is 11.8 Å². The highest BCUT2D eigenvalue weighted by Gasteiger charge is 2.29. The van der Waals surface area contributed by atoms with Crippen LogP contribution >= 0.6 is 0 Å². The average Bonchev–Trinajstić information content (AvgIpc) is 3.42. The third-order valence-corrected chi connectivity index (χ3v) is 9.80. The first-order valence-corrected chi connectivity index (χ1v) is 16.2. The zero-order chi connectivity index (χ0) is 30.5. The summed E-state index contributed by atoms with van der Waals surface area (Å²) in [5.41, 5.74) is 0.00991. The lowest BCUT2D eigenvalue weighted by Crippen LogP contribution is -2.32. The Hall–Kier alpha value is -2.42. The summed E-state index contributed by atoms with van der Waals surface area (Å²) in [6, 6.07) is 0. The second-order valence-corrected chi connectivity index (χ2v) is 11.9. The van der Waals surface area contributed by atoms with E-state index in [1.807, 2.05) is 13.8 Å². The summed E-state index contributed by atoms with van der Waals surface area (Å²) < 4.78 is 12.1. The summed E-state index contributed by atoms with van der Waals surface area (Å²) in [6.07, 6.45) is 15.5. The van der Waals surface area contributed by atoms with Crippen molar-refractivity contribution in [3.05, 3.63) is 33.4 Å². The molecule has 2 N–H and O–H groups in total. The molecule has 0 atom stereocenters. The number of nitrogens with zero attached hydrogens (tertiary/aromatic N) is 4. The van der Waals surface area contributed by atoms with Crippen molar-refractivity contribution in [2.45, 2.75) is 145 Å². The second kappa shape index (κ2) is 16.9. The molecule has 0 unspecified atom stereocenters. The number of ether oxygens (including phenoxy) is 1. The Morgan fingerprint density at radius 1 is 0.634 bits per heavy atom. The molecule has 2 rings (SSSR count). The third kappa shape index (κ3) is 9.29. The molecule has 2 heterocycles. The normalized spacial score (nSPS) is 12.4. The van der Waals surface area contributed by atoms with Gasteiger partial charge in [-0.3, -0.25) is 18.3 Å². The van der Waals surface area contributed by atoms with E-state index in [1.165, 1.54) is 21.5 Å². The van der Waals surface area contributed by atoms with E-state index in [9.17, 15) is 19.8 Å². The van der Waals surface area contributed by atoms with Gasteiger partial charge >= 0.3 is 11.4 Å². The first-order valence-electron chi connectivity index (χ1n) is 16.2. The lowest BCUT2D eigenvalue weighted by Gasteiger charge is -2.32. The van der Waals surface area contributed by atoms with Gasteiger partial charge in [-0.1, -0.05) is 53.4 Å². The fraction of sp³-hybridized carbons (Fsp3) is 0.812. The van der Waals surface area contributed by atoms with E-state index in [1.54, 1.807) is 9.13 Å². The van der Waals surface area contributed by atoms with Gasteiger partial charge in [0.05, 0.1) is 12.4 Å². The van der Waals surface area contributed by atoms with Crippen LogP contribution in [0, 0.1) is 10.8 Å². The van der Waals surface area contributed by atoms with Gasteiger partial charge in [-0.15, -0.1) is 0 Å².